The Kier molecular flexibility index (Phi) is 5.04. The molecule has 1 heterocycles. The molecule has 0 radical (unpaired) electrons. The molecule has 1 aliphatic rings. The molecule has 1 unspecified atom stereocenters. The van der Waals surface area contributed by atoms with Gasteiger partial charge in [-0.25, -0.2) is 8.42 Å². The minimum absolute atomic E-state index is 0.0123. The largest absolute Gasteiger partial charge is 0.484 e. The van der Waals surface area contributed by atoms with Crippen molar-refractivity contribution in [2.45, 2.75) is 38.6 Å². The zero-order chi connectivity index (χ0) is 17.3. The molecule has 5 nitrogen and oxygen atoms in total. The normalized spacial score (nSPS) is 20.3. The van der Waals surface area contributed by atoms with Crippen LogP contribution in [0.2, 0.25) is 0 Å². The molecule has 128 valence electrons. The second-order valence-corrected chi connectivity index (χ2v) is 9.36. The lowest BCUT2D eigenvalue weighted by atomic mass is 9.87. The number of ether oxygens (including phenoxy) is 1. The van der Waals surface area contributed by atoms with E-state index in [0.717, 1.165) is 5.56 Å². The zero-order valence-electron chi connectivity index (χ0n) is 14.2. The van der Waals surface area contributed by atoms with E-state index in [4.69, 9.17) is 4.74 Å². The van der Waals surface area contributed by atoms with Crippen LogP contribution in [0.4, 0.5) is 0 Å². The van der Waals surface area contributed by atoms with E-state index in [9.17, 15) is 13.2 Å². The molecule has 1 atom stereocenters. The second kappa shape index (κ2) is 6.51. The van der Waals surface area contributed by atoms with Gasteiger partial charge in [-0.2, -0.15) is 0 Å². The Hall–Kier alpha value is -1.56. The molecule has 0 aliphatic carbocycles. The average molecular weight is 339 g/mol. The van der Waals surface area contributed by atoms with Gasteiger partial charge in [0, 0.05) is 13.1 Å². The summed E-state index contributed by atoms with van der Waals surface area (Å²) in [6.07, 6.45) is 0.504. The van der Waals surface area contributed by atoms with Crippen molar-refractivity contribution < 1.29 is 17.9 Å². The molecule has 1 aromatic rings. The molecule has 1 aliphatic heterocycles. The summed E-state index contributed by atoms with van der Waals surface area (Å²) >= 11 is 0. The van der Waals surface area contributed by atoms with Crippen LogP contribution in [-0.2, 0) is 20.0 Å². The van der Waals surface area contributed by atoms with Crippen molar-refractivity contribution in [2.24, 2.45) is 0 Å². The van der Waals surface area contributed by atoms with Crippen LogP contribution in [0.1, 0.15) is 32.8 Å². The molecule has 1 aromatic carbocycles. The van der Waals surface area contributed by atoms with Gasteiger partial charge in [-0.15, -0.1) is 0 Å². The summed E-state index contributed by atoms with van der Waals surface area (Å²) in [6.45, 7) is 6.27. The van der Waals surface area contributed by atoms with Crippen molar-refractivity contribution in [1.29, 1.82) is 0 Å². The molecule has 0 saturated carbocycles. The predicted octanol–water partition coefficient (Wildman–Crippen LogP) is 2.01. The van der Waals surface area contributed by atoms with Crippen molar-refractivity contribution in [3.05, 3.63) is 29.8 Å². The number of nitrogens with zero attached hydrogens (tertiary/aromatic N) is 1. The van der Waals surface area contributed by atoms with E-state index >= 15 is 0 Å². The highest BCUT2D eigenvalue weighted by atomic mass is 32.2. The Labute approximate surface area is 138 Å². The summed E-state index contributed by atoms with van der Waals surface area (Å²) in [5.74, 6) is 0.657. The number of likely N-dealkylation sites (N-methyl/N-ethyl adjacent to an activating group) is 1. The van der Waals surface area contributed by atoms with Gasteiger partial charge in [0.05, 0.1) is 11.5 Å². The maximum atomic E-state index is 12.2. The van der Waals surface area contributed by atoms with Crippen molar-refractivity contribution >= 4 is 15.7 Å². The number of hydrogen-bond acceptors (Lipinski definition) is 4. The lowest BCUT2D eigenvalue weighted by Crippen LogP contribution is -2.40. The number of carbonyl (C=O) groups is 1. The Morgan fingerprint density at radius 2 is 2.04 bits per heavy atom. The summed E-state index contributed by atoms with van der Waals surface area (Å²) in [4.78, 5) is 13.7. The van der Waals surface area contributed by atoms with Crippen LogP contribution in [0.5, 0.6) is 5.75 Å². The van der Waals surface area contributed by atoms with Crippen LogP contribution < -0.4 is 4.74 Å². The van der Waals surface area contributed by atoms with Crippen LogP contribution in [0.25, 0.3) is 0 Å². The van der Waals surface area contributed by atoms with E-state index in [1.54, 1.807) is 7.05 Å². The quantitative estimate of drug-likeness (QED) is 0.842. The van der Waals surface area contributed by atoms with Gasteiger partial charge in [0.2, 0.25) is 0 Å². The third-order valence-corrected chi connectivity index (χ3v) is 5.96. The van der Waals surface area contributed by atoms with Gasteiger partial charge in [0.15, 0.2) is 16.4 Å². The van der Waals surface area contributed by atoms with E-state index in [-0.39, 0.29) is 35.5 Å². The topological polar surface area (TPSA) is 63.7 Å². The highest BCUT2D eigenvalue weighted by Crippen LogP contribution is 2.25. The first kappa shape index (κ1) is 17.8. The number of benzene rings is 1. The van der Waals surface area contributed by atoms with E-state index in [1.165, 1.54) is 4.90 Å². The molecule has 0 bridgehead atoms. The van der Waals surface area contributed by atoms with Crippen LogP contribution in [0.15, 0.2) is 24.3 Å². The van der Waals surface area contributed by atoms with Crippen LogP contribution >= 0.6 is 0 Å². The summed E-state index contributed by atoms with van der Waals surface area (Å²) < 4.78 is 28.6. The van der Waals surface area contributed by atoms with Gasteiger partial charge in [-0.05, 0) is 29.5 Å². The molecule has 6 heteroatoms. The van der Waals surface area contributed by atoms with E-state index in [2.05, 4.69) is 20.8 Å². The van der Waals surface area contributed by atoms with Gasteiger partial charge < -0.3 is 9.64 Å². The van der Waals surface area contributed by atoms with E-state index < -0.39 is 9.84 Å². The van der Waals surface area contributed by atoms with Gasteiger partial charge >= 0.3 is 0 Å². The maximum absolute atomic E-state index is 12.2. The van der Waals surface area contributed by atoms with Crippen LogP contribution in [0.3, 0.4) is 0 Å². The number of rotatable bonds is 4. The fraction of sp³-hybridized carbons (Fsp3) is 0.588. The van der Waals surface area contributed by atoms with Gasteiger partial charge in [-0.1, -0.05) is 32.9 Å². The van der Waals surface area contributed by atoms with E-state index in [0.29, 0.717) is 12.2 Å². The average Bonchev–Trinajstić information content (AvgIpc) is 2.83. The molecule has 2 rings (SSSR count). The lowest BCUT2D eigenvalue weighted by molar-refractivity contribution is -0.133. The van der Waals surface area contributed by atoms with Gasteiger partial charge in [-0.3, -0.25) is 4.79 Å². The molecule has 1 saturated heterocycles. The third kappa shape index (κ3) is 4.70. The highest BCUT2D eigenvalue weighted by Gasteiger charge is 2.32. The van der Waals surface area contributed by atoms with Crippen LogP contribution in [0, 0.1) is 0 Å². The van der Waals surface area contributed by atoms with E-state index in [1.807, 2.05) is 24.3 Å². The monoisotopic (exact) mass is 339 g/mol. The molecule has 0 aromatic heterocycles. The number of amides is 1. The fourth-order valence-electron chi connectivity index (χ4n) is 2.58. The number of carbonyl (C=O) groups excluding carboxylic acids is 1. The minimum Gasteiger partial charge on any atom is -0.484 e. The highest BCUT2D eigenvalue weighted by molar-refractivity contribution is 7.91. The molecular formula is C17H25NO4S. The van der Waals surface area contributed by atoms with Crippen LogP contribution in [-0.4, -0.2) is 50.4 Å². The first-order valence-corrected chi connectivity index (χ1v) is 9.60. The Balaban J connectivity index is 1.94. The second-order valence-electron chi connectivity index (χ2n) is 7.13. The van der Waals surface area contributed by atoms with Gasteiger partial charge in [0.25, 0.3) is 5.91 Å². The van der Waals surface area contributed by atoms with Gasteiger partial charge in [0.1, 0.15) is 5.75 Å². The molecular weight excluding hydrogens is 314 g/mol. The maximum Gasteiger partial charge on any atom is 0.260 e. The first-order chi connectivity index (χ1) is 10.6. The SMILES string of the molecule is CN(C(=O)COc1cccc(C(C)(C)C)c1)C1CCS(=O)(=O)C1. The molecule has 1 amide bonds. The summed E-state index contributed by atoms with van der Waals surface area (Å²) in [5, 5.41) is 0. The molecule has 0 N–H and O–H groups in total. The predicted molar refractivity (Wildman–Crippen MR) is 90.5 cm³/mol. The summed E-state index contributed by atoms with van der Waals surface area (Å²) in [7, 11) is -1.36. The fourth-order valence-corrected chi connectivity index (χ4v) is 4.36. The molecule has 0 spiro atoms. The standard InChI is InChI=1S/C17H25NO4S/c1-17(2,3)13-6-5-7-15(10-13)22-11-16(19)18(4)14-8-9-23(20,21)12-14/h5-7,10,14H,8-9,11-12H2,1-4H3. The third-order valence-electron chi connectivity index (χ3n) is 4.21. The summed E-state index contributed by atoms with van der Waals surface area (Å²) in [5.41, 5.74) is 1.15. The Bertz CT molecular complexity index is 676. The van der Waals surface area contributed by atoms with Crippen molar-refractivity contribution in [3.63, 3.8) is 0 Å². The number of hydrogen-bond donors (Lipinski definition) is 0. The first-order valence-electron chi connectivity index (χ1n) is 7.78. The Morgan fingerprint density at radius 3 is 2.61 bits per heavy atom. The Morgan fingerprint density at radius 1 is 1.35 bits per heavy atom. The van der Waals surface area contributed by atoms with Crippen molar-refractivity contribution in [1.82, 2.24) is 4.90 Å². The van der Waals surface area contributed by atoms with Crippen molar-refractivity contribution in [2.75, 3.05) is 25.2 Å². The number of sulfone groups is 1. The van der Waals surface area contributed by atoms with Crippen molar-refractivity contribution in [3.8, 4) is 5.75 Å². The summed E-state index contributed by atoms with van der Waals surface area (Å²) in [6, 6.07) is 7.46. The minimum atomic E-state index is -3.00. The molecule has 1 fully saturated rings. The smallest absolute Gasteiger partial charge is 0.260 e. The molecule has 23 heavy (non-hydrogen) atoms. The zero-order valence-corrected chi connectivity index (χ0v) is 15.0. The lowest BCUT2D eigenvalue weighted by Gasteiger charge is -2.24.